The predicted molar refractivity (Wildman–Crippen MR) is 59.9 cm³/mol. The molecule has 0 bridgehead atoms. The van der Waals surface area contributed by atoms with Gasteiger partial charge in [0.15, 0.2) is 17.3 Å². The Morgan fingerprint density at radius 3 is 2.47 bits per heavy atom. The number of thiol groups is 1. The summed E-state index contributed by atoms with van der Waals surface area (Å²) in [5.41, 5.74) is -0.573. The van der Waals surface area contributed by atoms with Gasteiger partial charge in [-0.15, -0.1) is 0 Å². The van der Waals surface area contributed by atoms with Crippen LogP contribution < -0.4 is 0 Å². The van der Waals surface area contributed by atoms with Crippen molar-refractivity contribution in [3.05, 3.63) is 0 Å². The molecule has 3 nitrogen and oxygen atoms in total. The third-order valence-electron chi connectivity index (χ3n) is 2.99. The third-order valence-corrected chi connectivity index (χ3v) is 3.31. The molecule has 15 heavy (non-hydrogen) atoms. The Morgan fingerprint density at radius 2 is 2.00 bits per heavy atom. The summed E-state index contributed by atoms with van der Waals surface area (Å²) in [4.78, 5) is 35.2. The minimum atomic E-state index is -1.07. The molecule has 1 rings (SSSR count). The summed E-state index contributed by atoms with van der Waals surface area (Å²) in [5, 5.41) is 0. The first-order chi connectivity index (χ1) is 6.81. The number of Topliss-reactive ketones (excluding diaryl/α,β-unsaturated/α-hetero) is 3. The third kappa shape index (κ3) is 2.14. The smallest absolute Gasteiger partial charge is 0.160 e. The fourth-order valence-corrected chi connectivity index (χ4v) is 2.35. The molecule has 0 N–H and O–H groups in total. The van der Waals surface area contributed by atoms with E-state index in [0.29, 0.717) is 6.42 Å². The summed E-state index contributed by atoms with van der Waals surface area (Å²) in [5.74, 6) is -2.19. The molecule has 0 aromatic rings. The van der Waals surface area contributed by atoms with Crippen molar-refractivity contribution in [1.29, 1.82) is 0 Å². The van der Waals surface area contributed by atoms with Gasteiger partial charge in [0, 0.05) is 11.3 Å². The number of carbonyl (C=O) groups is 3. The van der Waals surface area contributed by atoms with Crippen molar-refractivity contribution in [1.82, 2.24) is 0 Å². The van der Waals surface area contributed by atoms with Crippen LogP contribution in [0.4, 0.5) is 0 Å². The van der Waals surface area contributed by atoms with Crippen molar-refractivity contribution in [3.63, 3.8) is 0 Å². The highest BCUT2D eigenvalue weighted by Crippen LogP contribution is 2.37. The number of hydrogen-bond acceptors (Lipinski definition) is 4. The van der Waals surface area contributed by atoms with Crippen LogP contribution in [0, 0.1) is 17.3 Å². The van der Waals surface area contributed by atoms with Gasteiger partial charge in [-0.1, -0.05) is 20.8 Å². The van der Waals surface area contributed by atoms with Crippen LogP contribution in [0.5, 0.6) is 0 Å². The van der Waals surface area contributed by atoms with Gasteiger partial charge in [-0.25, -0.2) is 0 Å². The highest BCUT2D eigenvalue weighted by molar-refractivity contribution is 7.81. The molecule has 0 amide bonds. The summed E-state index contributed by atoms with van der Waals surface area (Å²) >= 11 is 3.84. The molecular weight excluding hydrogens is 212 g/mol. The van der Waals surface area contributed by atoms with Gasteiger partial charge < -0.3 is 0 Å². The topological polar surface area (TPSA) is 51.2 Å². The molecule has 2 atom stereocenters. The zero-order chi connectivity index (χ0) is 11.8. The predicted octanol–water partition coefficient (Wildman–Crippen LogP) is 1.31. The van der Waals surface area contributed by atoms with Gasteiger partial charge in [0.2, 0.25) is 0 Å². The lowest BCUT2D eigenvalue weighted by atomic mass is 9.65. The van der Waals surface area contributed by atoms with Crippen molar-refractivity contribution < 1.29 is 14.4 Å². The Morgan fingerprint density at radius 1 is 1.47 bits per heavy atom. The SMILES string of the molecule is CC1CC(C)(C)C(=O)C(C(=O)CS)C1=O. The Labute approximate surface area is 95.0 Å². The molecule has 0 saturated heterocycles. The maximum atomic E-state index is 11.9. The van der Waals surface area contributed by atoms with Gasteiger partial charge in [0.1, 0.15) is 5.92 Å². The molecule has 1 aliphatic carbocycles. The molecule has 1 saturated carbocycles. The highest BCUT2D eigenvalue weighted by Gasteiger charge is 2.48. The molecule has 0 radical (unpaired) electrons. The van der Waals surface area contributed by atoms with Crippen molar-refractivity contribution in [2.45, 2.75) is 27.2 Å². The second-order valence-corrected chi connectivity index (χ2v) is 5.13. The Balaban J connectivity index is 3.06. The number of rotatable bonds is 2. The van der Waals surface area contributed by atoms with Gasteiger partial charge in [-0.05, 0) is 6.42 Å². The monoisotopic (exact) mass is 228 g/mol. The van der Waals surface area contributed by atoms with Crippen molar-refractivity contribution in [2.24, 2.45) is 17.3 Å². The van der Waals surface area contributed by atoms with E-state index >= 15 is 0 Å². The summed E-state index contributed by atoms with van der Waals surface area (Å²) < 4.78 is 0. The van der Waals surface area contributed by atoms with E-state index in [0.717, 1.165) is 0 Å². The van der Waals surface area contributed by atoms with Gasteiger partial charge in [0.25, 0.3) is 0 Å². The summed E-state index contributed by atoms with van der Waals surface area (Å²) in [6, 6.07) is 0. The quantitative estimate of drug-likeness (QED) is 0.572. The first kappa shape index (κ1) is 12.4. The molecule has 84 valence electrons. The molecule has 0 aliphatic heterocycles. The average molecular weight is 228 g/mol. The Bertz CT molecular complexity index is 320. The average Bonchev–Trinajstić information content (AvgIpc) is 2.14. The first-order valence-corrected chi connectivity index (χ1v) is 5.66. The van der Waals surface area contributed by atoms with Crippen LogP contribution in [0.1, 0.15) is 27.2 Å². The van der Waals surface area contributed by atoms with E-state index in [1.54, 1.807) is 20.8 Å². The van der Waals surface area contributed by atoms with Crippen LogP contribution in [0.25, 0.3) is 0 Å². The lowest BCUT2D eigenvalue weighted by Crippen LogP contribution is -2.48. The maximum Gasteiger partial charge on any atom is 0.160 e. The molecule has 4 heteroatoms. The highest BCUT2D eigenvalue weighted by atomic mass is 32.1. The molecular formula is C11H16O3S. The Kier molecular flexibility index (Phi) is 3.38. The van der Waals surface area contributed by atoms with Crippen molar-refractivity contribution in [3.8, 4) is 0 Å². The van der Waals surface area contributed by atoms with Crippen LogP contribution in [0.15, 0.2) is 0 Å². The van der Waals surface area contributed by atoms with Crippen molar-refractivity contribution in [2.75, 3.05) is 5.75 Å². The zero-order valence-corrected chi connectivity index (χ0v) is 10.1. The molecule has 2 unspecified atom stereocenters. The van der Waals surface area contributed by atoms with E-state index in [1.165, 1.54) is 0 Å². The van der Waals surface area contributed by atoms with Gasteiger partial charge in [-0.2, -0.15) is 12.6 Å². The van der Waals surface area contributed by atoms with Crippen LogP contribution >= 0.6 is 12.6 Å². The van der Waals surface area contributed by atoms with E-state index in [2.05, 4.69) is 12.6 Å². The lowest BCUT2D eigenvalue weighted by molar-refractivity contribution is -0.149. The van der Waals surface area contributed by atoms with Crippen molar-refractivity contribution >= 4 is 30.0 Å². The molecule has 1 fully saturated rings. The molecule has 0 heterocycles. The minimum Gasteiger partial charge on any atom is -0.298 e. The summed E-state index contributed by atoms with van der Waals surface area (Å²) in [6.07, 6.45) is 0.529. The number of hydrogen-bond donors (Lipinski definition) is 1. The second kappa shape index (κ2) is 4.08. The standard InChI is InChI=1S/C11H16O3S/c1-6-4-11(2,3)10(14)8(9(6)13)7(12)5-15/h6,8,15H,4-5H2,1-3H3. The summed E-state index contributed by atoms with van der Waals surface area (Å²) in [7, 11) is 0. The van der Waals surface area contributed by atoms with Crippen LogP contribution in [-0.4, -0.2) is 23.1 Å². The normalized spacial score (nSPS) is 30.4. The largest absolute Gasteiger partial charge is 0.298 e. The van der Waals surface area contributed by atoms with Crippen LogP contribution in [0.3, 0.4) is 0 Å². The minimum absolute atomic E-state index is 0.0506. The second-order valence-electron chi connectivity index (χ2n) is 4.81. The maximum absolute atomic E-state index is 11.9. The zero-order valence-electron chi connectivity index (χ0n) is 9.24. The van der Waals surface area contributed by atoms with Crippen LogP contribution in [0.2, 0.25) is 0 Å². The van der Waals surface area contributed by atoms with E-state index in [4.69, 9.17) is 0 Å². The Hall–Kier alpha value is -0.640. The fourth-order valence-electron chi connectivity index (χ4n) is 2.17. The number of carbonyl (C=O) groups excluding carboxylic acids is 3. The summed E-state index contributed by atoms with van der Waals surface area (Å²) in [6.45, 7) is 5.35. The van der Waals surface area contributed by atoms with Gasteiger partial charge in [0.05, 0.1) is 5.75 Å². The molecule has 0 aromatic heterocycles. The van der Waals surface area contributed by atoms with E-state index in [9.17, 15) is 14.4 Å². The molecule has 1 aliphatic rings. The lowest BCUT2D eigenvalue weighted by Gasteiger charge is -2.35. The van der Waals surface area contributed by atoms with E-state index in [-0.39, 0.29) is 29.0 Å². The number of ketones is 3. The molecule has 0 aromatic carbocycles. The molecule has 0 spiro atoms. The van der Waals surface area contributed by atoms with Gasteiger partial charge >= 0.3 is 0 Å². The van der Waals surface area contributed by atoms with E-state index < -0.39 is 11.3 Å². The van der Waals surface area contributed by atoms with Crippen LogP contribution in [-0.2, 0) is 14.4 Å². The van der Waals surface area contributed by atoms with E-state index in [1.807, 2.05) is 0 Å². The van der Waals surface area contributed by atoms with Gasteiger partial charge in [-0.3, -0.25) is 14.4 Å². The first-order valence-electron chi connectivity index (χ1n) is 5.03. The fraction of sp³-hybridized carbons (Fsp3) is 0.727.